The number of anilines is 1. The molecular weight excluding hydrogens is 376 g/mol. The predicted molar refractivity (Wildman–Crippen MR) is 117 cm³/mol. The average Bonchev–Trinajstić information content (AvgIpc) is 3.23. The van der Waals surface area contributed by atoms with Gasteiger partial charge in [0.25, 0.3) is 5.91 Å². The quantitative estimate of drug-likeness (QED) is 0.516. The maximum absolute atomic E-state index is 13.1. The first-order chi connectivity index (χ1) is 14.6. The van der Waals surface area contributed by atoms with Crippen molar-refractivity contribution in [3.8, 4) is 17.1 Å². The van der Waals surface area contributed by atoms with E-state index in [9.17, 15) is 4.79 Å². The van der Waals surface area contributed by atoms with Gasteiger partial charge in [0.15, 0.2) is 5.82 Å². The minimum absolute atomic E-state index is 0.234. The van der Waals surface area contributed by atoms with Gasteiger partial charge in [-0.05, 0) is 36.8 Å². The third-order valence-corrected chi connectivity index (χ3v) is 4.74. The van der Waals surface area contributed by atoms with Crippen molar-refractivity contribution in [3.05, 3.63) is 95.6 Å². The Morgan fingerprint density at radius 2 is 1.67 bits per heavy atom. The Labute approximate surface area is 175 Å². The number of aromatic nitrogens is 3. The van der Waals surface area contributed by atoms with Crippen LogP contribution < -0.4 is 10.1 Å². The lowest BCUT2D eigenvalue weighted by molar-refractivity contribution is 0.0947. The Kier molecular flexibility index (Phi) is 5.57. The van der Waals surface area contributed by atoms with E-state index in [1.165, 1.54) is 4.68 Å². The van der Waals surface area contributed by atoms with E-state index < -0.39 is 0 Å². The normalized spacial score (nSPS) is 10.6. The number of rotatable bonds is 6. The molecule has 0 aliphatic rings. The molecule has 0 fully saturated rings. The zero-order valence-electron chi connectivity index (χ0n) is 16.9. The summed E-state index contributed by atoms with van der Waals surface area (Å²) in [6.45, 7) is 2.48. The minimum atomic E-state index is -0.234. The molecule has 0 aliphatic heterocycles. The van der Waals surface area contributed by atoms with Crippen molar-refractivity contribution in [3.63, 3.8) is 0 Å². The van der Waals surface area contributed by atoms with Gasteiger partial charge in [0, 0.05) is 17.7 Å². The molecule has 0 saturated heterocycles. The molecule has 0 saturated carbocycles. The number of ether oxygens (including phenoxy) is 1. The summed E-state index contributed by atoms with van der Waals surface area (Å²) in [6.07, 6.45) is 0. The first-order valence-electron chi connectivity index (χ1n) is 9.65. The lowest BCUT2D eigenvalue weighted by Crippen LogP contribution is -2.17. The molecule has 6 nitrogen and oxygen atoms in total. The Morgan fingerprint density at radius 3 is 2.33 bits per heavy atom. The zero-order valence-corrected chi connectivity index (χ0v) is 16.9. The number of methoxy groups -OCH3 is 1. The van der Waals surface area contributed by atoms with Crippen molar-refractivity contribution < 1.29 is 9.53 Å². The van der Waals surface area contributed by atoms with Crippen LogP contribution >= 0.6 is 0 Å². The molecule has 0 spiro atoms. The molecule has 30 heavy (non-hydrogen) atoms. The largest absolute Gasteiger partial charge is 0.497 e. The van der Waals surface area contributed by atoms with E-state index in [2.05, 4.69) is 15.4 Å². The molecule has 0 amide bonds. The summed E-state index contributed by atoms with van der Waals surface area (Å²) in [5, 5.41) is 7.74. The fourth-order valence-electron chi connectivity index (χ4n) is 3.02. The second-order valence-electron chi connectivity index (χ2n) is 6.91. The van der Waals surface area contributed by atoms with Crippen LogP contribution in [0.3, 0.4) is 0 Å². The summed E-state index contributed by atoms with van der Waals surface area (Å²) in [4.78, 5) is 17.7. The maximum Gasteiger partial charge on any atom is 0.281 e. The first kappa shape index (κ1) is 19.4. The van der Waals surface area contributed by atoms with Crippen LogP contribution in [0, 0.1) is 6.92 Å². The number of nitrogens with one attached hydrogen (secondary N) is 1. The summed E-state index contributed by atoms with van der Waals surface area (Å²) in [6, 6.07) is 24.8. The zero-order chi connectivity index (χ0) is 20.9. The van der Waals surface area contributed by atoms with Gasteiger partial charge in [-0.3, -0.25) is 4.79 Å². The van der Waals surface area contributed by atoms with E-state index in [1.807, 2.05) is 73.7 Å². The average molecular weight is 398 g/mol. The lowest BCUT2D eigenvalue weighted by Gasteiger charge is -2.08. The Balaban J connectivity index is 1.65. The molecule has 0 aliphatic carbocycles. The molecule has 4 rings (SSSR count). The first-order valence-corrected chi connectivity index (χ1v) is 9.65. The Hall–Kier alpha value is -3.93. The number of carbonyl (C=O) groups is 1. The number of hydrogen-bond donors (Lipinski definition) is 1. The highest BCUT2D eigenvalue weighted by atomic mass is 16.5. The molecular formula is C24H22N4O2. The van der Waals surface area contributed by atoms with Crippen LogP contribution in [0.15, 0.2) is 78.9 Å². The summed E-state index contributed by atoms with van der Waals surface area (Å²) >= 11 is 0. The molecule has 1 N–H and O–H groups in total. The lowest BCUT2D eigenvalue weighted by atomic mass is 10.1. The summed E-state index contributed by atoms with van der Waals surface area (Å²) in [5.74, 6) is 1.45. The van der Waals surface area contributed by atoms with E-state index in [0.29, 0.717) is 23.9 Å². The number of benzene rings is 3. The van der Waals surface area contributed by atoms with Crippen LogP contribution in [0.25, 0.3) is 11.4 Å². The van der Waals surface area contributed by atoms with Gasteiger partial charge in [-0.2, -0.15) is 9.67 Å². The van der Waals surface area contributed by atoms with Gasteiger partial charge in [-0.25, -0.2) is 0 Å². The molecule has 0 unspecified atom stereocenters. The summed E-state index contributed by atoms with van der Waals surface area (Å²) in [7, 11) is 1.64. The van der Waals surface area contributed by atoms with E-state index in [-0.39, 0.29) is 5.91 Å². The number of nitrogens with zero attached hydrogens (tertiary/aromatic N) is 3. The predicted octanol–water partition coefficient (Wildman–Crippen LogP) is 4.56. The van der Waals surface area contributed by atoms with Crippen LogP contribution in [0.1, 0.15) is 21.5 Å². The smallest absolute Gasteiger partial charge is 0.281 e. The minimum Gasteiger partial charge on any atom is -0.497 e. The molecule has 6 heteroatoms. The monoisotopic (exact) mass is 398 g/mol. The van der Waals surface area contributed by atoms with Crippen LogP contribution in [-0.4, -0.2) is 27.8 Å². The summed E-state index contributed by atoms with van der Waals surface area (Å²) < 4.78 is 6.53. The number of aryl methyl sites for hydroxylation is 1. The van der Waals surface area contributed by atoms with Crippen molar-refractivity contribution in [2.24, 2.45) is 0 Å². The fourth-order valence-corrected chi connectivity index (χ4v) is 3.02. The molecule has 0 atom stereocenters. The highest BCUT2D eigenvalue weighted by molar-refractivity contribution is 5.97. The van der Waals surface area contributed by atoms with Gasteiger partial charge in [0.1, 0.15) is 5.75 Å². The molecule has 1 heterocycles. The second kappa shape index (κ2) is 8.61. The van der Waals surface area contributed by atoms with Crippen LogP contribution in [0.5, 0.6) is 5.75 Å². The summed E-state index contributed by atoms with van der Waals surface area (Å²) in [5.41, 5.74) is 3.53. The van der Waals surface area contributed by atoms with Crippen molar-refractivity contribution in [2.45, 2.75) is 13.5 Å². The van der Waals surface area contributed by atoms with Crippen molar-refractivity contribution in [1.29, 1.82) is 0 Å². The van der Waals surface area contributed by atoms with Gasteiger partial charge in [0.2, 0.25) is 5.95 Å². The molecule has 1 aromatic heterocycles. The van der Waals surface area contributed by atoms with E-state index in [1.54, 1.807) is 19.2 Å². The van der Waals surface area contributed by atoms with E-state index in [4.69, 9.17) is 4.74 Å². The van der Waals surface area contributed by atoms with Crippen LogP contribution in [0.4, 0.5) is 5.95 Å². The van der Waals surface area contributed by atoms with E-state index in [0.717, 1.165) is 22.4 Å². The fraction of sp³-hybridized carbons (Fsp3) is 0.125. The van der Waals surface area contributed by atoms with Gasteiger partial charge in [0.05, 0.1) is 7.11 Å². The van der Waals surface area contributed by atoms with Crippen LogP contribution in [-0.2, 0) is 6.54 Å². The molecule has 3 aromatic carbocycles. The van der Waals surface area contributed by atoms with Crippen LogP contribution in [0.2, 0.25) is 0 Å². The number of hydrogen-bond acceptors (Lipinski definition) is 5. The molecule has 4 aromatic rings. The Morgan fingerprint density at radius 1 is 0.967 bits per heavy atom. The van der Waals surface area contributed by atoms with Crippen molar-refractivity contribution in [1.82, 2.24) is 14.8 Å². The maximum atomic E-state index is 13.1. The molecule has 0 bridgehead atoms. The topological polar surface area (TPSA) is 69.0 Å². The van der Waals surface area contributed by atoms with Gasteiger partial charge in [-0.1, -0.05) is 60.2 Å². The van der Waals surface area contributed by atoms with Gasteiger partial charge < -0.3 is 10.1 Å². The van der Waals surface area contributed by atoms with Gasteiger partial charge >= 0.3 is 0 Å². The second-order valence-corrected chi connectivity index (χ2v) is 6.91. The van der Waals surface area contributed by atoms with Gasteiger partial charge in [-0.15, -0.1) is 5.10 Å². The SMILES string of the molecule is COc1ccc(CNc2nc(-c3ccccc3)nn2C(=O)c2ccc(C)cc2)cc1. The third kappa shape index (κ3) is 4.22. The highest BCUT2D eigenvalue weighted by Gasteiger charge is 2.18. The Bertz CT molecular complexity index is 1130. The molecule has 150 valence electrons. The van der Waals surface area contributed by atoms with Crippen molar-refractivity contribution in [2.75, 3.05) is 12.4 Å². The van der Waals surface area contributed by atoms with Crippen molar-refractivity contribution >= 4 is 11.9 Å². The standard InChI is InChI=1S/C24H22N4O2/c1-17-8-12-20(13-9-17)23(29)28-24(25-16-18-10-14-21(30-2)15-11-18)26-22(27-28)19-6-4-3-5-7-19/h3-15H,16H2,1-2H3,(H,25,26,27). The number of carbonyl (C=O) groups excluding carboxylic acids is 1. The third-order valence-electron chi connectivity index (χ3n) is 4.74. The molecule has 0 radical (unpaired) electrons. The van der Waals surface area contributed by atoms with E-state index >= 15 is 0 Å². The highest BCUT2D eigenvalue weighted by Crippen LogP contribution is 2.20.